The minimum atomic E-state index is -0.358. The van der Waals surface area contributed by atoms with E-state index in [1.54, 1.807) is 49.8 Å². The van der Waals surface area contributed by atoms with Crippen molar-refractivity contribution in [2.24, 2.45) is 0 Å². The number of carbonyl (C=O) groups is 2. The minimum absolute atomic E-state index is 0.157. The van der Waals surface area contributed by atoms with E-state index in [9.17, 15) is 9.59 Å². The molecule has 0 radical (unpaired) electrons. The number of anilines is 2. The van der Waals surface area contributed by atoms with E-state index in [0.717, 1.165) is 24.3 Å². The number of benzene rings is 2. The van der Waals surface area contributed by atoms with E-state index in [-0.39, 0.29) is 24.1 Å². The monoisotopic (exact) mass is 454 g/mol. The van der Waals surface area contributed by atoms with E-state index in [4.69, 9.17) is 4.74 Å². The maximum absolute atomic E-state index is 13.5. The number of nitrogens with zero attached hydrogens (tertiary/aromatic N) is 3. The first-order chi connectivity index (χ1) is 16.6. The fourth-order valence-corrected chi connectivity index (χ4v) is 4.41. The number of methoxy groups -OCH3 is 1. The quantitative estimate of drug-likeness (QED) is 0.542. The summed E-state index contributed by atoms with van der Waals surface area (Å²) in [4.78, 5) is 34.6. The van der Waals surface area contributed by atoms with Crippen LogP contribution in [0.1, 0.15) is 24.0 Å². The Kier molecular flexibility index (Phi) is 5.99. The van der Waals surface area contributed by atoms with Crippen molar-refractivity contribution < 1.29 is 14.3 Å². The number of amides is 2. The van der Waals surface area contributed by atoms with Gasteiger partial charge in [-0.25, -0.2) is 0 Å². The molecule has 3 heterocycles. The Morgan fingerprint density at radius 2 is 1.68 bits per heavy atom. The van der Waals surface area contributed by atoms with E-state index < -0.39 is 0 Å². The van der Waals surface area contributed by atoms with Crippen molar-refractivity contribution in [2.45, 2.75) is 19.4 Å². The van der Waals surface area contributed by atoms with Crippen molar-refractivity contribution >= 4 is 28.8 Å². The molecule has 34 heavy (non-hydrogen) atoms. The summed E-state index contributed by atoms with van der Waals surface area (Å²) in [5.74, 6) is -0.0150. The van der Waals surface area contributed by atoms with Gasteiger partial charge in [0.25, 0.3) is 11.8 Å². The van der Waals surface area contributed by atoms with E-state index >= 15 is 0 Å². The smallest absolute Gasteiger partial charge is 0.278 e. The zero-order chi connectivity index (χ0) is 23.5. The number of carbonyl (C=O) groups excluding carboxylic acids is 2. The summed E-state index contributed by atoms with van der Waals surface area (Å²) in [6, 6.07) is 18.8. The lowest BCUT2D eigenvalue weighted by molar-refractivity contribution is -0.137. The summed E-state index contributed by atoms with van der Waals surface area (Å²) < 4.78 is 5.25. The van der Waals surface area contributed by atoms with Crippen LogP contribution < -0.4 is 15.0 Å². The highest BCUT2D eigenvalue weighted by molar-refractivity contribution is 6.36. The number of rotatable bonds is 7. The number of imide groups is 1. The van der Waals surface area contributed by atoms with Crippen molar-refractivity contribution in [3.63, 3.8) is 0 Å². The maximum Gasteiger partial charge on any atom is 0.278 e. The average molecular weight is 455 g/mol. The number of hydrogen-bond acceptors (Lipinski definition) is 6. The molecule has 2 amide bonds. The number of ether oxygens (including phenoxy) is 1. The van der Waals surface area contributed by atoms with Gasteiger partial charge < -0.3 is 15.0 Å². The van der Waals surface area contributed by atoms with Gasteiger partial charge >= 0.3 is 0 Å². The van der Waals surface area contributed by atoms with E-state index in [2.05, 4.69) is 27.3 Å². The van der Waals surface area contributed by atoms with E-state index in [1.807, 2.05) is 18.2 Å². The number of aromatic nitrogens is 1. The van der Waals surface area contributed by atoms with Crippen LogP contribution in [0.4, 0.5) is 11.4 Å². The van der Waals surface area contributed by atoms with Crippen LogP contribution in [-0.2, 0) is 16.1 Å². The highest BCUT2D eigenvalue weighted by Gasteiger charge is 2.39. The molecule has 7 nitrogen and oxygen atoms in total. The molecule has 2 aromatic carbocycles. The Morgan fingerprint density at radius 1 is 0.941 bits per heavy atom. The van der Waals surface area contributed by atoms with Gasteiger partial charge in [0.1, 0.15) is 11.4 Å². The Bertz CT molecular complexity index is 1210. The van der Waals surface area contributed by atoms with Crippen molar-refractivity contribution in [1.82, 2.24) is 9.88 Å². The normalized spacial score (nSPS) is 15.9. The van der Waals surface area contributed by atoms with Crippen LogP contribution in [0.5, 0.6) is 5.75 Å². The summed E-state index contributed by atoms with van der Waals surface area (Å²) in [6.07, 6.45) is 5.75. The summed E-state index contributed by atoms with van der Waals surface area (Å²) in [5.41, 5.74) is 3.99. The summed E-state index contributed by atoms with van der Waals surface area (Å²) in [7, 11) is 1.59. The summed E-state index contributed by atoms with van der Waals surface area (Å²) in [6.45, 7) is 2.29. The lowest BCUT2D eigenvalue weighted by Gasteiger charge is -2.18. The first-order valence-electron chi connectivity index (χ1n) is 11.4. The van der Waals surface area contributed by atoms with Crippen LogP contribution in [0, 0.1) is 0 Å². The van der Waals surface area contributed by atoms with Crippen molar-refractivity contribution in [1.29, 1.82) is 0 Å². The predicted octanol–water partition coefficient (Wildman–Crippen LogP) is 4.08. The first kappa shape index (κ1) is 21.7. The van der Waals surface area contributed by atoms with Gasteiger partial charge in [-0.2, -0.15) is 0 Å². The molecule has 1 aromatic heterocycles. The highest BCUT2D eigenvalue weighted by atomic mass is 16.5. The molecule has 1 N–H and O–H groups in total. The fraction of sp³-hybridized carbons (Fsp3) is 0.222. The topological polar surface area (TPSA) is 74.8 Å². The standard InChI is InChI=1S/C27H26N4O3/c1-34-23-12-6-20(7-13-23)24-25(27(33)31(26(24)32)18-19-5-4-14-28-17-19)29-21-8-10-22(11-9-21)30-15-2-3-16-30/h4-14,17,29H,2-3,15-16,18H2,1H3. The lowest BCUT2D eigenvalue weighted by atomic mass is 10.0. The molecule has 0 atom stereocenters. The molecule has 1 saturated heterocycles. The Labute approximate surface area is 198 Å². The maximum atomic E-state index is 13.5. The Balaban J connectivity index is 1.47. The predicted molar refractivity (Wildman–Crippen MR) is 131 cm³/mol. The molecule has 2 aliphatic heterocycles. The van der Waals surface area contributed by atoms with Gasteiger partial charge in [-0.15, -0.1) is 0 Å². The third kappa shape index (κ3) is 4.24. The molecule has 0 bridgehead atoms. The molecular weight excluding hydrogens is 428 g/mol. The van der Waals surface area contributed by atoms with Crippen molar-refractivity contribution in [2.75, 3.05) is 30.4 Å². The Hall–Kier alpha value is -4.13. The van der Waals surface area contributed by atoms with Crippen LogP contribution in [0.2, 0.25) is 0 Å². The van der Waals surface area contributed by atoms with Crippen molar-refractivity contribution in [3.05, 3.63) is 89.9 Å². The second kappa shape index (κ2) is 9.39. The molecule has 5 rings (SSSR count). The zero-order valence-corrected chi connectivity index (χ0v) is 19.0. The van der Waals surface area contributed by atoms with Gasteiger partial charge in [0.15, 0.2) is 0 Å². The van der Waals surface area contributed by atoms with Crippen LogP contribution in [0.3, 0.4) is 0 Å². The largest absolute Gasteiger partial charge is 0.497 e. The van der Waals surface area contributed by atoms with Gasteiger partial charge in [0.2, 0.25) is 0 Å². The second-order valence-electron chi connectivity index (χ2n) is 8.40. The molecular formula is C27H26N4O3. The minimum Gasteiger partial charge on any atom is -0.497 e. The number of pyridine rings is 1. The van der Waals surface area contributed by atoms with Gasteiger partial charge in [0.05, 0.1) is 19.2 Å². The molecule has 7 heteroatoms. The SMILES string of the molecule is COc1ccc(C2=C(Nc3ccc(N4CCCC4)cc3)C(=O)N(Cc3cccnc3)C2=O)cc1. The average Bonchev–Trinajstić information content (AvgIpc) is 3.49. The lowest BCUT2D eigenvalue weighted by Crippen LogP contribution is -2.32. The second-order valence-corrected chi connectivity index (χ2v) is 8.40. The molecule has 2 aliphatic rings. The molecule has 0 saturated carbocycles. The van der Waals surface area contributed by atoms with E-state index in [1.165, 1.54) is 23.4 Å². The third-order valence-corrected chi connectivity index (χ3v) is 6.22. The van der Waals surface area contributed by atoms with Crippen LogP contribution >= 0.6 is 0 Å². The fourth-order valence-electron chi connectivity index (χ4n) is 4.41. The van der Waals surface area contributed by atoms with Crippen molar-refractivity contribution in [3.8, 4) is 5.75 Å². The first-order valence-corrected chi connectivity index (χ1v) is 11.4. The number of hydrogen-bond donors (Lipinski definition) is 1. The molecule has 172 valence electrons. The summed E-state index contributed by atoms with van der Waals surface area (Å²) >= 11 is 0. The molecule has 1 fully saturated rings. The molecule has 0 aliphatic carbocycles. The van der Waals surface area contributed by atoms with Crippen LogP contribution in [0.25, 0.3) is 5.57 Å². The molecule has 0 unspecified atom stereocenters. The van der Waals surface area contributed by atoms with E-state index in [0.29, 0.717) is 16.9 Å². The van der Waals surface area contributed by atoms with Gasteiger partial charge in [-0.1, -0.05) is 18.2 Å². The highest BCUT2D eigenvalue weighted by Crippen LogP contribution is 2.33. The van der Waals surface area contributed by atoms with Crippen LogP contribution in [-0.4, -0.2) is 41.9 Å². The Morgan fingerprint density at radius 3 is 2.32 bits per heavy atom. The number of nitrogens with one attached hydrogen (secondary N) is 1. The van der Waals surface area contributed by atoms with Gasteiger partial charge in [0, 0.05) is 36.9 Å². The van der Waals surface area contributed by atoms with Gasteiger partial charge in [-0.3, -0.25) is 19.5 Å². The molecule has 0 spiro atoms. The third-order valence-electron chi connectivity index (χ3n) is 6.22. The zero-order valence-electron chi connectivity index (χ0n) is 19.0. The molecule has 3 aromatic rings. The van der Waals surface area contributed by atoms with Crippen LogP contribution in [0.15, 0.2) is 78.8 Å². The van der Waals surface area contributed by atoms with Gasteiger partial charge in [-0.05, 0) is 66.4 Å². The summed E-state index contributed by atoms with van der Waals surface area (Å²) in [5, 5.41) is 3.23.